The molecule has 2 N–H and O–H groups in total. The third-order valence-electron chi connectivity index (χ3n) is 8.29. The van der Waals surface area contributed by atoms with Crippen molar-refractivity contribution in [3.05, 3.63) is 82.6 Å². The number of hydrogen-bond acceptors (Lipinski definition) is 8. The Morgan fingerprint density at radius 2 is 1.91 bits per heavy atom. The minimum absolute atomic E-state index is 0.114. The summed E-state index contributed by atoms with van der Waals surface area (Å²) >= 11 is 0. The van der Waals surface area contributed by atoms with E-state index in [1.807, 2.05) is 24.0 Å². The van der Waals surface area contributed by atoms with Crippen molar-refractivity contribution in [1.82, 2.24) is 9.88 Å². The molecule has 1 aromatic heterocycles. The Labute approximate surface area is 272 Å². The largest absolute Gasteiger partial charge is 0.489 e. The van der Waals surface area contributed by atoms with Gasteiger partial charge in [0.15, 0.2) is 15.6 Å². The molecule has 1 saturated carbocycles. The molecular weight excluding hydrogens is 615 g/mol. The summed E-state index contributed by atoms with van der Waals surface area (Å²) in [6, 6.07) is 7.49. The Morgan fingerprint density at radius 3 is 2.50 bits per heavy atom. The maximum Gasteiger partial charge on any atom is 0.416 e. The monoisotopic (exact) mass is 663 g/mol. The molecule has 12 heteroatoms. The lowest BCUT2D eigenvalue weighted by Crippen LogP contribution is -2.32. The van der Waals surface area contributed by atoms with Crippen molar-refractivity contribution in [3.63, 3.8) is 0 Å². The van der Waals surface area contributed by atoms with Crippen LogP contribution in [0.2, 0.25) is 0 Å². The average molecular weight is 664 g/mol. The van der Waals surface area contributed by atoms with Gasteiger partial charge in [0.25, 0.3) is 0 Å². The number of anilines is 1. The number of rotatable bonds is 16. The predicted octanol–water partition coefficient (Wildman–Crippen LogP) is 6.95. The Morgan fingerprint density at radius 1 is 1.22 bits per heavy atom. The van der Waals surface area contributed by atoms with Gasteiger partial charge in [-0.15, -0.1) is 0 Å². The van der Waals surface area contributed by atoms with E-state index in [0.717, 1.165) is 55.1 Å². The Bertz CT molecular complexity index is 1500. The molecule has 1 heterocycles. The van der Waals surface area contributed by atoms with Gasteiger partial charge in [-0.3, -0.25) is 0 Å². The van der Waals surface area contributed by atoms with E-state index < -0.39 is 27.6 Å². The smallest absolute Gasteiger partial charge is 0.416 e. The van der Waals surface area contributed by atoms with Gasteiger partial charge in [-0.05, 0) is 69.7 Å². The molecule has 0 bridgehead atoms. The predicted molar refractivity (Wildman–Crippen MR) is 179 cm³/mol. The van der Waals surface area contributed by atoms with Crippen molar-refractivity contribution < 1.29 is 26.3 Å². The number of halogens is 3. The number of ether oxygens (including phenoxy) is 1. The zero-order valence-corrected chi connectivity index (χ0v) is 28.4. The van der Waals surface area contributed by atoms with Crippen LogP contribution in [-0.2, 0) is 33.7 Å². The second-order valence-electron chi connectivity index (χ2n) is 12.0. The fourth-order valence-electron chi connectivity index (χ4n) is 5.66. The molecule has 0 saturated heterocycles. The zero-order valence-electron chi connectivity index (χ0n) is 27.6. The van der Waals surface area contributed by atoms with Crippen LogP contribution in [0.15, 0.2) is 59.7 Å². The van der Waals surface area contributed by atoms with Gasteiger partial charge in [-0.1, -0.05) is 44.0 Å². The third kappa shape index (κ3) is 10.8. The highest BCUT2D eigenvalue weighted by atomic mass is 32.2. The molecule has 0 aliphatic heterocycles. The number of aromatic nitrogens is 1. The van der Waals surface area contributed by atoms with Crippen LogP contribution >= 0.6 is 0 Å². The maximum atomic E-state index is 13.8. The van der Waals surface area contributed by atoms with Gasteiger partial charge in [0.1, 0.15) is 18.2 Å². The Balaban J connectivity index is 2.03. The van der Waals surface area contributed by atoms with Crippen LogP contribution in [0.3, 0.4) is 0 Å². The molecule has 1 atom stereocenters. The van der Waals surface area contributed by atoms with Gasteiger partial charge in [0, 0.05) is 43.3 Å². The SMILES string of the molecule is C=C(N=C/C(=C\N)OCCS(C)(=O)=O)N(Cc1ccc(CC)nc1N(CC)CC1CCCC1)C(C)c1cc(C)cc(C(F)(F)F)c1. The first-order valence-electron chi connectivity index (χ1n) is 15.8. The first-order chi connectivity index (χ1) is 21.6. The van der Waals surface area contributed by atoms with Gasteiger partial charge < -0.3 is 20.3 Å². The molecule has 0 radical (unpaired) electrons. The highest BCUT2D eigenvalue weighted by molar-refractivity contribution is 7.90. The summed E-state index contributed by atoms with van der Waals surface area (Å²) in [5.41, 5.74) is 7.79. The number of alkyl halides is 3. The Hall–Kier alpha value is -3.54. The lowest BCUT2D eigenvalue weighted by Gasteiger charge is -2.34. The summed E-state index contributed by atoms with van der Waals surface area (Å²) in [6.07, 6.45) is 4.70. The number of nitrogens with two attached hydrogens (primary N) is 1. The molecule has 1 unspecified atom stereocenters. The van der Waals surface area contributed by atoms with Gasteiger partial charge in [-0.25, -0.2) is 18.4 Å². The topological polar surface area (TPSA) is 101 Å². The minimum Gasteiger partial charge on any atom is -0.489 e. The normalized spacial score (nSPS) is 15.3. The number of benzene rings is 1. The molecule has 1 aliphatic rings. The molecule has 3 rings (SSSR count). The van der Waals surface area contributed by atoms with Crippen molar-refractivity contribution in [2.24, 2.45) is 16.6 Å². The van der Waals surface area contributed by atoms with Crippen LogP contribution in [0.1, 0.15) is 80.4 Å². The summed E-state index contributed by atoms with van der Waals surface area (Å²) in [5.74, 6) is 1.64. The molecule has 2 aromatic rings. The van der Waals surface area contributed by atoms with Crippen molar-refractivity contribution in [3.8, 4) is 0 Å². The molecule has 254 valence electrons. The van der Waals surface area contributed by atoms with Gasteiger partial charge in [-0.2, -0.15) is 13.2 Å². The molecule has 8 nitrogen and oxygen atoms in total. The van der Waals surface area contributed by atoms with Crippen LogP contribution in [0.5, 0.6) is 0 Å². The van der Waals surface area contributed by atoms with Crippen LogP contribution in [0.25, 0.3) is 0 Å². The molecule has 0 amide bonds. The highest BCUT2D eigenvalue weighted by Gasteiger charge is 2.32. The van der Waals surface area contributed by atoms with E-state index >= 15 is 0 Å². The third-order valence-corrected chi connectivity index (χ3v) is 9.20. The minimum atomic E-state index is -4.50. The Kier molecular flexibility index (Phi) is 13.1. The van der Waals surface area contributed by atoms with E-state index in [4.69, 9.17) is 15.5 Å². The number of nitrogens with zero attached hydrogens (tertiary/aromatic N) is 4. The molecule has 0 spiro atoms. The maximum absolute atomic E-state index is 13.8. The average Bonchev–Trinajstić information content (AvgIpc) is 3.52. The number of allylic oxidation sites excluding steroid dienone is 1. The molecule has 46 heavy (non-hydrogen) atoms. The van der Waals surface area contributed by atoms with E-state index in [0.29, 0.717) is 17.0 Å². The lowest BCUT2D eigenvalue weighted by molar-refractivity contribution is -0.137. The quantitative estimate of drug-likeness (QED) is 0.153. The van der Waals surface area contributed by atoms with E-state index in [-0.39, 0.29) is 30.5 Å². The van der Waals surface area contributed by atoms with E-state index in [1.165, 1.54) is 38.0 Å². The summed E-state index contributed by atoms with van der Waals surface area (Å²) in [7, 11) is -3.25. The number of sulfone groups is 1. The number of aliphatic imine (C=N–C) groups is 1. The second kappa shape index (κ2) is 16.3. The van der Waals surface area contributed by atoms with Crippen LogP contribution in [-0.4, -0.2) is 56.2 Å². The van der Waals surface area contributed by atoms with Crippen LogP contribution in [0, 0.1) is 12.8 Å². The van der Waals surface area contributed by atoms with Crippen molar-refractivity contribution >= 4 is 21.9 Å². The fraction of sp³-hybridized carbons (Fsp3) is 0.529. The summed E-state index contributed by atoms with van der Waals surface area (Å²) in [4.78, 5) is 13.7. The number of hydrogen-bond donors (Lipinski definition) is 1. The first kappa shape index (κ1) is 36.9. The highest BCUT2D eigenvalue weighted by Crippen LogP contribution is 2.36. The zero-order chi connectivity index (χ0) is 34.1. The lowest BCUT2D eigenvalue weighted by atomic mass is 9.99. The van der Waals surface area contributed by atoms with Gasteiger partial charge in [0.2, 0.25) is 0 Å². The van der Waals surface area contributed by atoms with E-state index in [1.54, 1.807) is 13.0 Å². The summed E-state index contributed by atoms with van der Waals surface area (Å²) in [6.45, 7) is 13.6. The fourth-order valence-corrected chi connectivity index (χ4v) is 6.05. The summed E-state index contributed by atoms with van der Waals surface area (Å²) < 4.78 is 70.0. The van der Waals surface area contributed by atoms with Gasteiger partial charge in [0.05, 0.1) is 23.6 Å². The van der Waals surface area contributed by atoms with Crippen molar-refractivity contribution in [1.29, 1.82) is 0 Å². The molecular formula is C34H48F3N5O3S. The summed E-state index contributed by atoms with van der Waals surface area (Å²) in [5, 5.41) is 0. The van der Waals surface area contributed by atoms with Crippen LogP contribution < -0.4 is 10.6 Å². The first-order valence-corrected chi connectivity index (χ1v) is 17.9. The van der Waals surface area contributed by atoms with Gasteiger partial charge >= 0.3 is 6.18 Å². The molecule has 1 aliphatic carbocycles. The van der Waals surface area contributed by atoms with E-state index in [9.17, 15) is 21.6 Å². The van der Waals surface area contributed by atoms with Crippen LogP contribution in [0.4, 0.5) is 19.0 Å². The second-order valence-corrected chi connectivity index (χ2v) is 14.2. The standard InChI is InChI=1S/C34H48F3N5O3S/c1-7-31-14-13-28(33(40-31)41(8-2)22-27-11-9-10-12-27)23-42(25(4)29-17-24(3)18-30(19-29)34(35,36)37)26(5)39-21-32(20-38)45-15-16-46(6,43)44/h13-14,17-21,25,27H,5,7-12,15-16,22-23,38H2,1-4,6H3/b32-20+,39-21?. The van der Waals surface area contributed by atoms with Crippen molar-refractivity contribution in [2.75, 3.05) is 36.6 Å². The number of pyridine rings is 1. The molecule has 1 fully saturated rings. The van der Waals surface area contributed by atoms with E-state index in [2.05, 4.69) is 30.3 Å². The van der Waals surface area contributed by atoms with Crippen molar-refractivity contribution in [2.45, 2.75) is 78.6 Å². The number of aryl methyl sites for hydroxylation is 2. The molecule has 1 aromatic carbocycles.